The Bertz CT molecular complexity index is 1540. The van der Waals surface area contributed by atoms with Crippen molar-refractivity contribution in [1.29, 1.82) is 0 Å². The fraction of sp³-hybridized carbons (Fsp3) is 0.0400. The van der Waals surface area contributed by atoms with Crippen molar-refractivity contribution in [3.63, 3.8) is 0 Å². The summed E-state index contributed by atoms with van der Waals surface area (Å²) in [4.78, 5) is 9.27. The standard InChI is InChI=1S/C25H19N9/c1-3-7-17(8-4-1)14-27-25-22-21(18-9-5-2-6-10-18)11-12-34(22)31-23(28-25)19-13-20(16-26-15-19)24-29-32-33-30-24/h1-13,15-16H,14H2,(H,27,28,31)(H,29,30,32,33). The van der Waals surface area contributed by atoms with Crippen molar-refractivity contribution in [1.82, 2.24) is 40.2 Å². The molecule has 6 rings (SSSR count). The van der Waals surface area contributed by atoms with E-state index in [0.29, 0.717) is 18.2 Å². The van der Waals surface area contributed by atoms with Crippen LogP contribution in [0.25, 0.3) is 39.4 Å². The SMILES string of the molecule is c1ccc(CNc2nc(-c3cncc(-c4nnn[nH]4)c3)nn3ccc(-c4ccccc4)c23)cc1. The number of hydrogen-bond acceptors (Lipinski definition) is 7. The second kappa shape index (κ2) is 8.55. The average molecular weight is 445 g/mol. The molecule has 34 heavy (non-hydrogen) atoms. The van der Waals surface area contributed by atoms with Gasteiger partial charge in [0.1, 0.15) is 5.52 Å². The molecule has 0 aliphatic heterocycles. The average Bonchev–Trinajstić information content (AvgIpc) is 3.59. The van der Waals surface area contributed by atoms with Crippen molar-refractivity contribution in [2.45, 2.75) is 6.54 Å². The molecule has 2 aromatic carbocycles. The zero-order valence-corrected chi connectivity index (χ0v) is 18.0. The second-order valence-corrected chi connectivity index (χ2v) is 7.72. The van der Waals surface area contributed by atoms with E-state index in [9.17, 15) is 0 Å². The van der Waals surface area contributed by atoms with Crippen LogP contribution in [-0.4, -0.2) is 40.2 Å². The fourth-order valence-corrected chi connectivity index (χ4v) is 3.88. The van der Waals surface area contributed by atoms with Gasteiger partial charge in [0.05, 0.1) is 0 Å². The lowest BCUT2D eigenvalue weighted by Gasteiger charge is -2.12. The zero-order valence-electron chi connectivity index (χ0n) is 18.0. The molecule has 9 nitrogen and oxygen atoms in total. The zero-order chi connectivity index (χ0) is 22.7. The summed E-state index contributed by atoms with van der Waals surface area (Å²) in [6, 6.07) is 24.4. The summed E-state index contributed by atoms with van der Waals surface area (Å²) in [5.74, 6) is 1.81. The summed E-state index contributed by atoms with van der Waals surface area (Å²) in [5, 5.41) is 22.3. The lowest BCUT2D eigenvalue weighted by atomic mass is 10.1. The van der Waals surface area contributed by atoms with Crippen LogP contribution in [0.2, 0.25) is 0 Å². The molecular weight excluding hydrogens is 426 g/mol. The van der Waals surface area contributed by atoms with E-state index < -0.39 is 0 Å². The lowest BCUT2D eigenvalue weighted by molar-refractivity contribution is 0.881. The van der Waals surface area contributed by atoms with Crippen LogP contribution >= 0.6 is 0 Å². The normalized spacial score (nSPS) is 11.1. The molecule has 0 saturated heterocycles. The maximum atomic E-state index is 4.92. The number of fused-ring (bicyclic) bond motifs is 1. The number of rotatable bonds is 6. The third-order valence-corrected chi connectivity index (χ3v) is 5.51. The Morgan fingerprint density at radius 1 is 0.853 bits per heavy atom. The number of nitrogens with zero attached hydrogens (tertiary/aromatic N) is 7. The summed E-state index contributed by atoms with van der Waals surface area (Å²) in [7, 11) is 0. The highest BCUT2D eigenvalue weighted by Crippen LogP contribution is 2.31. The second-order valence-electron chi connectivity index (χ2n) is 7.72. The first kappa shape index (κ1) is 19.7. The van der Waals surface area contributed by atoms with Crippen LogP contribution in [0.4, 0.5) is 5.82 Å². The molecule has 2 N–H and O–H groups in total. The Morgan fingerprint density at radius 3 is 2.44 bits per heavy atom. The van der Waals surface area contributed by atoms with Crippen LogP contribution in [0.1, 0.15) is 5.56 Å². The Hall–Kier alpha value is -4.92. The van der Waals surface area contributed by atoms with Crippen molar-refractivity contribution >= 4 is 11.3 Å². The Labute approximate surface area is 194 Å². The van der Waals surface area contributed by atoms with Gasteiger partial charge in [0.2, 0.25) is 0 Å². The summed E-state index contributed by atoms with van der Waals surface area (Å²) in [6.45, 7) is 0.633. The van der Waals surface area contributed by atoms with E-state index in [1.54, 1.807) is 12.4 Å². The monoisotopic (exact) mass is 445 g/mol. The van der Waals surface area contributed by atoms with Crippen molar-refractivity contribution in [3.05, 3.63) is 97.0 Å². The topological polar surface area (TPSA) is 110 Å². The van der Waals surface area contributed by atoms with Gasteiger partial charge in [-0.1, -0.05) is 60.7 Å². The third-order valence-electron chi connectivity index (χ3n) is 5.51. The highest BCUT2D eigenvalue weighted by atomic mass is 15.5. The number of H-pyrrole nitrogens is 1. The summed E-state index contributed by atoms with van der Waals surface area (Å²) < 4.78 is 1.86. The summed E-state index contributed by atoms with van der Waals surface area (Å²) in [5.41, 5.74) is 5.74. The minimum Gasteiger partial charge on any atom is -0.364 e. The Balaban J connectivity index is 1.47. The largest absolute Gasteiger partial charge is 0.364 e. The number of aromatic amines is 1. The number of aromatic nitrogens is 8. The van der Waals surface area contributed by atoms with Gasteiger partial charge in [0.15, 0.2) is 17.5 Å². The van der Waals surface area contributed by atoms with Crippen LogP contribution in [0, 0.1) is 0 Å². The van der Waals surface area contributed by atoms with Gasteiger partial charge in [0.25, 0.3) is 0 Å². The number of tetrazole rings is 1. The quantitative estimate of drug-likeness (QED) is 0.394. The van der Waals surface area contributed by atoms with E-state index in [4.69, 9.17) is 10.1 Å². The number of pyridine rings is 1. The smallest absolute Gasteiger partial charge is 0.183 e. The first-order valence-corrected chi connectivity index (χ1v) is 10.8. The Kier molecular flexibility index (Phi) is 4.96. The van der Waals surface area contributed by atoms with Gasteiger partial charge in [0, 0.05) is 41.8 Å². The molecule has 4 heterocycles. The van der Waals surface area contributed by atoms with Crippen molar-refractivity contribution in [3.8, 4) is 33.9 Å². The molecule has 9 heteroatoms. The molecule has 0 unspecified atom stereocenters. The first-order chi connectivity index (χ1) is 16.8. The molecule has 0 fully saturated rings. The van der Waals surface area contributed by atoms with Crippen LogP contribution in [0.5, 0.6) is 0 Å². The molecule has 0 atom stereocenters. The summed E-state index contributed by atoms with van der Waals surface area (Å²) in [6.07, 6.45) is 5.38. The first-order valence-electron chi connectivity index (χ1n) is 10.8. The van der Waals surface area contributed by atoms with Gasteiger partial charge in [-0.3, -0.25) is 4.98 Å². The number of anilines is 1. The molecule has 0 aliphatic rings. The van der Waals surface area contributed by atoms with E-state index in [0.717, 1.165) is 39.2 Å². The lowest BCUT2D eigenvalue weighted by Crippen LogP contribution is -2.07. The Morgan fingerprint density at radius 2 is 1.65 bits per heavy atom. The van der Waals surface area contributed by atoms with Gasteiger partial charge >= 0.3 is 0 Å². The van der Waals surface area contributed by atoms with E-state index >= 15 is 0 Å². The highest BCUT2D eigenvalue weighted by molar-refractivity contribution is 5.89. The van der Waals surface area contributed by atoms with Crippen LogP contribution in [0.3, 0.4) is 0 Å². The molecule has 0 spiro atoms. The molecular formula is C25H19N9. The minimum atomic E-state index is 0.533. The molecule has 0 saturated carbocycles. The van der Waals surface area contributed by atoms with E-state index in [-0.39, 0.29) is 0 Å². The number of hydrogen-bond donors (Lipinski definition) is 2. The van der Waals surface area contributed by atoms with Crippen LogP contribution in [0.15, 0.2) is 91.4 Å². The third kappa shape index (κ3) is 3.75. The van der Waals surface area contributed by atoms with E-state index in [1.807, 2.05) is 53.2 Å². The molecule has 164 valence electrons. The fourth-order valence-electron chi connectivity index (χ4n) is 3.88. The molecule has 0 radical (unpaired) electrons. The molecule has 6 aromatic rings. The van der Waals surface area contributed by atoms with E-state index in [2.05, 4.69) is 61.3 Å². The van der Waals surface area contributed by atoms with Crippen molar-refractivity contribution in [2.24, 2.45) is 0 Å². The number of nitrogens with one attached hydrogen (secondary N) is 2. The molecule has 0 amide bonds. The van der Waals surface area contributed by atoms with Gasteiger partial charge in [-0.25, -0.2) is 14.6 Å². The van der Waals surface area contributed by atoms with Gasteiger partial charge in [-0.05, 0) is 33.7 Å². The number of benzene rings is 2. The maximum absolute atomic E-state index is 4.92. The summed E-state index contributed by atoms with van der Waals surface area (Å²) >= 11 is 0. The highest BCUT2D eigenvalue weighted by Gasteiger charge is 2.16. The van der Waals surface area contributed by atoms with Crippen molar-refractivity contribution in [2.75, 3.05) is 5.32 Å². The van der Waals surface area contributed by atoms with E-state index in [1.165, 1.54) is 0 Å². The van der Waals surface area contributed by atoms with Crippen LogP contribution < -0.4 is 5.32 Å². The van der Waals surface area contributed by atoms with Gasteiger partial charge in [-0.15, -0.1) is 10.2 Å². The molecule has 0 bridgehead atoms. The predicted molar refractivity (Wildman–Crippen MR) is 129 cm³/mol. The van der Waals surface area contributed by atoms with Gasteiger partial charge in [-0.2, -0.15) is 0 Å². The van der Waals surface area contributed by atoms with Gasteiger partial charge < -0.3 is 5.32 Å². The molecule has 4 aromatic heterocycles. The maximum Gasteiger partial charge on any atom is 0.183 e. The van der Waals surface area contributed by atoms with Crippen molar-refractivity contribution < 1.29 is 0 Å². The predicted octanol–water partition coefficient (Wildman–Crippen LogP) is 4.25. The van der Waals surface area contributed by atoms with Crippen LogP contribution in [-0.2, 0) is 6.54 Å². The molecule has 0 aliphatic carbocycles. The minimum absolute atomic E-state index is 0.533.